The van der Waals surface area contributed by atoms with E-state index >= 15 is 0 Å². The zero-order chi connectivity index (χ0) is 22.3. The Hall–Kier alpha value is -2.24. The number of benzene rings is 1. The standard InChI is InChI=1S/C26H33FN2O3/c27-22-12-6-5-11-21(22)26(16-24(31)29(25(26)32)20-9-3-4-10-20)15-23(30)28-14-13-18-7-1-2-8-19(18)17-28/h5-6,11-12,18-20H,1-4,7-10,13-17H2/t18-,19-,26?/m0/s1. The molecule has 4 fully saturated rings. The molecule has 0 spiro atoms. The van der Waals surface area contributed by atoms with Crippen LogP contribution < -0.4 is 0 Å². The van der Waals surface area contributed by atoms with Crippen molar-refractivity contribution in [2.24, 2.45) is 11.8 Å². The first-order valence-electron chi connectivity index (χ1n) is 12.4. The Balaban J connectivity index is 1.44. The van der Waals surface area contributed by atoms with Gasteiger partial charge in [-0.05, 0) is 43.6 Å². The van der Waals surface area contributed by atoms with E-state index in [9.17, 15) is 18.8 Å². The smallest absolute Gasteiger partial charge is 0.241 e. The van der Waals surface area contributed by atoms with Crippen molar-refractivity contribution in [1.82, 2.24) is 9.80 Å². The van der Waals surface area contributed by atoms with Gasteiger partial charge in [0, 0.05) is 37.5 Å². The third-order valence-corrected chi connectivity index (χ3v) is 8.53. The Morgan fingerprint density at radius 1 is 0.969 bits per heavy atom. The van der Waals surface area contributed by atoms with E-state index in [1.807, 2.05) is 4.90 Å². The minimum absolute atomic E-state index is 0.114. The third-order valence-electron chi connectivity index (χ3n) is 8.53. The lowest BCUT2D eigenvalue weighted by Gasteiger charge is -2.42. The molecule has 2 aliphatic carbocycles. The maximum absolute atomic E-state index is 15.0. The molecule has 1 unspecified atom stereocenters. The Morgan fingerprint density at radius 2 is 1.66 bits per heavy atom. The second kappa shape index (κ2) is 8.60. The SMILES string of the molecule is O=C(CC1(c2ccccc2F)CC(=O)N(C2CCCC2)C1=O)N1CC[C@@H]2CCCC[C@H]2C1. The summed E-state index contributed by atoms with van der Waals surface area (Å²) in [6.45, 7) is 1.42. The Kier molecular flexibility index (Phi) is 5.81. The number of carbonyl (C=O) groups excluding carboxylic acids is 3. The van der Waals surface area contributed by atoms with Crippen LogP contribution in [0.1, 0.15) is 76.2 Å². The molecule has 0 bridgehead atoms. The summed E-state index contributed by atoms with van der Waals surface area (Å²) in [4.78, 5) is 43.6. The van der Waals surface area contributed by atoms with Crippen LogP contribution in [0.3, 0.4) is 0 Å². The van der Waals surface area contributed by atoms with Crippen molar-refractivity contribution >= 4 is 17.7 Å². The molecule has 172 valence electrons. The fourth-order valence-corrected chi connectivity index (χ4v) is 6.79. The Morgan fingerprint density at radius 3 is 2.41 bits per heavy atom. The van der Waals surface area contributed by atoms with Crippen molar-refractivity contribution in [3.8, 4) is 0 Å². The van der Waals surface area contributed by atoms with Crippen LogP contribution in [0.15, 0.2) is 24.3 Å². The summed E-state index contributed by atoms with van der Waals surface area (Å²) in [5, 5.41) is 0. The van der Waals surface area contributed by atoms with E-state index in [-0.39, 0.29) is 42.2 Å². The number of carbonyl (C=O) groups is 3. The summed E-state index contributed by atoms with van der Waals surface area (Å²) in [7, 11) is 0. The molecule has 5 rings (SSSR count). The summed E-state index contributed by atoms with van der Waals surface area (Å²) in [6, 6.07) is 6.06. The highest BCUT2D eigenvalue weighted by Crippen LogP contribution is 2.44. The highest BCUT2D eigenvalue weighted by atomic mass is 19.1. The third kappa shape index (κ3) is 3.65. The lowest BCUT2D eigenvalue weighted by molar-refractivity contribution is -0.145. The highest BCUT2D eigenvalue weighted by molar-refractivity contribution is 6.11. The predicted octanol–water partition coefficient (Wildman–Crippen LogP) is 4.19. The number of piperidine rings is 1. The van der Waals surface area contributed by atoms with Crippen molar-refractivity contribution in [2.75, 3.05) is 13.1 Å². The summed E-state index contributed by atoms with van der Waals surface area (Å²) >= 11 is 0. The normalized spacial score (nSPS) is 31.3. The molecule has 3 amide bonds. The van der Waals surface area contributed by atoms with Crippen LogP contribution in [0.25, 0.3) is 0 Å². The minimum Gasteiger partial charge on any atom is -0.342 e. The van der Waals surface area contributed by atoms with E-state index in [1.54, 1.807) is 18.2 Å². The number of likely N-dealkylation sites (tertiary alicyclic amines) is 2. The maximum atomic E-state index is 15.0. The number of imide groups is 1. The van der Waals surface area contributed by atoms with Gasteiger partial charge in [-0.15, -0.1) is 0 Å². The molecule has 2 aliphatic heterocycles. The van der Waals surface area contributed by atoms with Gasteiger partial charge in [-0.3, -0.25) is 19.3 Å². The molecule has 2 saturated heterocycles. The average Bonchev–Trinajstić information content (AvgIpc) is 3.40. The van der Waals surface area contributed by atoms with Crippen LogP contribution in [0.4, 0.5) is 4.39 Å². The van der Waals surface area contributed by atoms with Crippen molar-refractivity contribution in [2.45, 2.75) is 82.1 Å². The summed E-state index contributed by atoms with van der Waals surface area (Å²) in [5.41, 5.74) is -1.23. The Labute approximate surface area is 189 Å². The monoisotopic (exact) mass is 440 g/mol. The summed E-state index contributed by atoms with van der Waals surface area (Å²) in [5.74, 6) is -0.0422. The molecule has 3 atom stereocenters. The number of fused-ring (bicyclic) bond motifs is 1. The highest BCUT2D eigenvalue weighted by Gasteiger charge is 2.57. The first kappa shape index (κ1) is 21.6. The summed E-state index contributed by atoms with van der Waals surface area (Å²) < 4.78 is 15.0. The molecule has 4 aliphatic rings. The van der Waals surface area contributed by atoms with Crippen molar-refractivity contribution < 1.29 is 18.8 Å². The number of rotatable bonds is 4. The molecule has 1 aromatic rings. The average molecular weight is 441 g/mol. The van der Waals surface area contributed by atoms with Crippen LogP contribution in [0.2, 0.25) is 0 Å². The van der Waals surface area contributed by atoms with Crippen LogP contribution in [0, 0.1) is 17.7 Å². The molecule has 5 nitrogen and oxygen atoms in total. The second-order valence-electron chi connectivity index (χ2n) is 10.4. The predicted molar refractivity (Wildman–Crippen MR) is 118 cm³/mol. The molecular formula is C26H33FN2O3. The largest absolute Gasteiger partial charge is 0.342 e. The fourth-order valence-electron chi connectivity index (χ4n) is 6.79. The minimum atomic E-state index is -1.43. The van der Waals surface area contributed by atoms with Crippen LogP contribution in [-0.2, 0) is 19.8 Å². The van der Waals surface area contributed by atoms with E-state index in [0.29, 0.717) is 18.4 Å². The maximum Gasteiger partial charge on any atom is 0.241 e. The fraction of sp³-hybridized carbons (Fsp3) is 0.654. The topological polar surface area (TPSA) is 57.7 Å². The first-order chi connectivity index (χ1) is 15.5. The quantitative estimate of drug-likeness (QED) is 0.660. The van der Waals surface area contributed by atoms with Gasteiger partial charge in [-0.25, -0.2) is 4.39 Å². The molecule has 2 saturated carbocycles. The van der Waals surface area contributed by atoms with Gasteiger partial charge >= 0.3 is 0 Å². The summed E-state index contributed by atoms with van der Waals surface area (Å²) in [6.07, 6.45) is 9.23. The zero-order valence-electron chi connectivity index (χ0n) is 18.7. The number of hydrogen-bond donors (Lipinski definition) is 0. The van der Waals surface area contributed by atoms with Crippen LogP contribution in [-0.4, -0.2) is 46.7 Å². The zero-order valence-corrected chi connectivity index (χ0v) is 18.7. The van der Waals surface area contributed by atoms with Gasteiger partial charge in [0.15, 0.2) is 0 Å². The van der Waals surface area contributed by atoms with E-state index in [4.69, 9.17) is 0 Å². The molecule has 0 N–H and O–H groups in total. The van der Waals surface area contributed by atoms with Crippen molar-refractivity contribution in [3.63, 3.8) is 0 Å². The van der Waals surface area contributed by atoms with Gasteiger partial charge in [-0.2, -0.15) is 0 Å². The van der Waals surface area contributed by atoms with Gasteiger partial charge < -0.3 is 4.90 Å². The van der Waals surface area contributed by atoms with E-state index < -0.39 is 11.2 Å². The number of amides is 3. The first-order valence-corrected chi connectivity index (χ1v) is 12.4. The Bertz CT molecular complexity index is 912. The van der Waals surface area contributed by atoms with E-state index in [0.717, 1.165) is 45.1 Å². The van der Waals surface area contributed by atoms with E-state index in [1.165, 1.54) is 30.2 Å². The molecule has 32 heavy (non-hydrogen) atoms. The van der Waals surface area contributed by atoms with Crippen LogP contribution in [0.5, 0.6) is 0 Å². The molecule has 0 aromatic heterocycles. The molecule has 2 heterocycles. The number of hydrogen-bond acceptors (Lipinski definition) is 3. The second-order valence-corrected chi connectivity index (χ2v) is 10.4. The van der Waals surface area contributed by atoms with Crippen molar-refractivity contribution in [1.29, 1.82) is 0 Å². The molecular weight excluding hydrogens is 407 g/mol. The number of nitrogens with zero attached hydrogens (tertiary/aromatic N) is 2. The number of halogens is 1. The lowest BCUT2D eigenvalue weighted by atomic mass is 9.73. The van der Waals surface area contributed by atoms with E-state index in [2.05, 4.69) is 0 Å². The van der Waals surface area contributed by atoms with Gasteiger partial charge in [0.05, 0.1) is 5.41 Å². The van der Waals surface area contributed by atoms with Gasteiger partial charge in [-0.1, -0.05) is 50.3 Å². The molecule has 6 heteroatoms. The molecule has 0 radical (unpaired) electrons. The lowest BCUT2D eigenvalue weighted by Crippen LogP contribution is -2.49. The van der Waals surface area contributed by atoms with Gasteiger partial charge in [0.25, 0.3) is 0 Å². The van der Waals surface area contributed by atoms with Gasteiger partial charge in [0.1, 0.15) is 5.82 Å². The molecule has 1 aromatic carbocycles. The van der Waals surface area contributed by atoms with Crippen LogP contribution >= 0.6 is 0 Å². The van der Waals surface area contributed by atoms with Gasteiger partial charge in [0.2, 0.25) is 17.7 Å². The van der Waals surface area contributed by atoms with Crippen molar-refractivity contribution in [3.05, 3.63) is 35.6 Å².